The molecule has 1 aromatic carbocycles. The molecule has 0 saturated heterocycles. The summed E-state index contributed by atoms with van der Waals surface area (Å²) in [5.74, 6) is -1.63. The van der Waals surface area contributed by atoms with Gasteiger partial charge in [0.1, 0.15) is 38.8 Å². The predicted octanol–water partition coefficient (Wildman–Crippen LogP) is 5.43. The van der Waals surface area contributed by atoms with Gasteiger partial charge >= 0.3 is 12.2 Å². The van der Waals surface area contributed by atoms with E-state index < -0.39 is 62.0 Å². The lowest BCUT2D eigenvalue weighted by molar-refractivity contribution is -0.140. The number of benzene rings is 1. The summed E-state index contributed by atoms with van der Waals surface area (Å²) in [6.07, 6.45) is 1.99. The number of hydrogen-bond donors (Lipinski definition) is 3. The van der Waals surface area contributed by atoms with Gasteiger partial charge in [-0.15, -0.1) is 11.3 Å². The van der Waals surface area contributed by atoms with Crippen molar-refractivity contribution in [2.75, 3.05) is 27.3 Å². The number of nitrogens with zero attached hydrogens (tertiary/aromatic N) is 3. The fourth-order valence-electron chi connectivity index (χ4n) is 5.97. The fourth-order valence-corrected chi connectivity index (χ4v) is 8.36. The Balaban J connectivity index is 1.28. The van der Waals surface area contributed by atoms with Gasteiger partial charge in [-0.3, -0.25) is 14.3 Å². The van der Waals surface area contributed by atoms with Crippen molar-refractivity contribution in [1.82, 2.24) is 30.2 Å². The van der Waals surface area contributed by atoms with Gasteiger partial charge in [-0.1, -0.05) is 23.8 Å². The maximum Gasteiger partial charge on any atom is 0.434 e. The first-order valence-electron chi connectivity index (χ1n) is 16.9. The fraction of sp³-hybridized carbons (Fsp3) is 0.500. The summed E-state index contributed by atoms with van der Waals surface area (Å²) in [7, 11) is -1.02. The molecule has 2 aromatic heterocycles. The van der Waals surface area contributed by atoms with Crippen molar-refractivity contribution in [3.8, 4) is 22.2 Å². The van der Waals surface area contributed by atoms with Crippen molar-refractivity contribution in [2.45, 2.75) is 74.4 Å². The Labute approximate surface area is 312 Å². The molecule has 19 heteroatoms. The number of ether oxygens (including phenoxy) is 2. The number of rotatable bonds is 9. The molecule has 0 radical (unpaired) electrons. The van der Waals surface area contributed by atoms with Crippen LogP contribution in [-0.4, -0.2) is 84.8 Å². The number of methoxy groups -OCH3 is 1. The molecule has 0 bridgehead atoms. The van der Waals surface area contributed by atoms with Crippen LogP contribution in [0.4, 0.5) is 18.0 Å². The maximum absolute atomic E-state index is 14.0. The van der Waals surface area contributed by atoms with Gasteiger partial charge in [-0.25, -0.2) is 23.2 Å². The van der Waals surface area contributed by atoms with E-state index >= 15 is 0 Å². The van der Waals surface area contributed by atoms with Crippen molar-refractivity contribution in [3.63, 3.8) is 0 Å². The van der Waals surface area contributed by atoms with Gasteiger partial charge < -0.3 is 25.0 Å². The topological polar surface area (TPSA) is 169 Å². The number of alkyl halides is 3. The molecule has 1 aliphatic heterocycles. The molecule has 3 heterocycles. The van der Waals surface area contributed by atoms with Gasteiger partial charge in [-0.2, -0.15) is 13.2 Å². The number of fused-ring (bicyclic) bond motifs is 2. The average Bonchev–Trinajstić information content (AvgIpc) is 3.96. The number of nitrogens with one attached hydrogen (secondary N) is 3. The number of thiazole rings is 1. The van der Waals surface area contributed by atoms with E-state index in [1.807, 2.05) is 12.2 Å². The molecule has 4 amide bonds. The summed E-state index contributed by atoms with van der Waals surface area (Å²) in [6, 6.07) is 2.79. The van der Waals surface area contributed by atoms with Gasteiger partial charge in [0.2, 0.25) is 15.9 Å². The molecule has 3 aromatic rings. The monoisotopic (exact) mass is 798 g/mol. The second-order valence-corrected chi connectivity index (χ2v) is 17.1. The molecular formula is C34H38ClF3N6O7S2. The molecule has 0 unspecified atom stereocenters. The van der Waals surface area contributed by atoms with Crippen molar-refractivity contribution >= 4 is 61.7 Å². The number of halogens is 4. The first kappa shape index (κ1) is 38.6. The lowest BCUT2D eigenvalue weighted by Crippen LogP contribution is -2.58. The van der Waals surface area contributed by atoms with E-state index in [4.69, 9.17) is 21.1 Å². The van der Waals surface area contributed by atoms with Crippen LogP contribution >= 0.6 is 22.9 Å². The number of carbonyl (C=O) groups excluding carboxylic acids is 3. The molecule has 13 nitrogen and oxygen atoms in total. The molecule has 2 saturated carbocycles. The third kappa shape index (κ3) is 8.04. The zero-order valence-corrected chi connectivity index (χ0v) is 31.4. The summed E-state index contributed by atoms with van der Waals surface area (Å²) >= 11 is 7.30. The van der Waals surface area contributed by atoms with Crippen LogP contribution < -0.4 is 24.8 Å². The molecule has 2 aliphatic carbocycles. The highest BCUT2D eigenvalue weighted by atomic mass is 35.5. The maximum atomic E-state index is 14.0. The van der Waals surface area contributed by atoms with Gasteiger partial charge in [0.05, 0.1) is 24.0 Å². The Morgan fingerprint density at radius 2 is 1.94 bits per heavy atom. The summed E-state index contributed by atoms with van der Waals surface area (Å²) in [5.41, 5.74) is -2.42. The van der Waals surface area contributed by atoms with Crippen LogP contribution in [0.2, 0.25) is 5.02 Å². The second-order valence-electron chi connectivity index (χ2n) is 13.7. The molecule has 53 heavy (non-hydrogen) atoms. The normalized spacial score (nSPS) is 23.9. The first-order chi connectivity index (χ1) is 25.0. The minimum absolute atomic E-state index is 0.0435. The Hall–Kier alpha value is -4.16. The molecule has 2 fully saturated rings. The molecular weight excluding hydrogens is 761 g/mol. The highest BCUT2D eigenvalue weighted by molar-refractivity contribution is 7.91. The van der Waals surface area contributed by atoms with E-state index in [1.165, 1.54) is 18.1 Å². The lowest BCUT2D eigenvalue weighted by Gasteiger charge is -2.26. The lowest BCUT2D eigenvalue weighted by atomic mass is 10.1. The molecule has 3 atom stereocenters. The van der Waals surface area contributed by atoms with Crippen LogP contribution in [0.25, 0.3) is 21.6 Å². The van der Waals surface area contributed by atoms with Crippen molar-refractivity contribution in [3.05, 3.63) is 46.4 Å². The average molecular weight is 799 g/mol. The molecule has 3 N–H and O–H groups in total. The predicted molar refractivity (Wildman–Crippen MR) is 191 cm³/mol. The summed E-state index contributed by atoms with van der Waals surface area (Å²) in [6.45, 7) is 1.76. The van der Waals surface area contributed by atoms with Crippen molar-refractivity contribution in [1.29, 1.82) is 0 Å². The number of sulfonamides is 1. The van der Waals surface area contributed by atoms with E-state index in [0.717, 1.165) is 23.1 Å². The van der Waals surface area contributed by atoms with Gasteiger partial charge in [0, 0.05) is 42.8 Å². The summed E-state index contributed by atoms with van der Waals surface area (Å²) < 4.78 is 78.7. The van der Waals surface area contributed by atoms with Gasteiger partial charge in [-0.05, 0) is 57.6 Å². The Bertz CT molecular complexity index is 2070. The smallest absolute Gasteiger partial charge is 0.434 e. The van der Waals surface area contributed by atoms with E-state index in [1.54, 1.807) is 26.1 Å². The zero-order valence-electron chi connectivity index (χ0n) is 29.0. The number of carbonyl (C=O) groups is 3. The molecule has 286 valence electrons. The minimum Gasteiger partial charge on any atom is -0.495 e. The first-order valence-corrected chi connectivity index (χ1v) is 19.6. The van der Waals surface area contributed by atoms with Crippen LogP contribution in [0.15, 0.2) is 35.7 Å². The highest BCUT2D eigenvalue weighted by Gasteiger charge is 2.62. The standard InChI is InChI=1S/C34H38ClF3N6O7S2/c1-32(12-13-32)53(48,49)43-30(46)33-17-19(33)8-6-4-5-7-14-44(2)31(47)40-21(28(45)42-33)11-15-51-24-16-22(29-41-25(18-52-29)34(36,37)38)39-27-20(24)9-10-23(50-3)26(27)35/h6,8-10,16,18-19,21H,4-5,7,11-15,17H2,1-3H3,(H,40,47)(H,42,45)(H,43,46)/b8-6-/t19-,21+,33-/m1/s1. The number of aromatic nitrogens is 2. The Morgan fingerprint density at radius 3 is 2.62 bits per heavy atom. The van der Waals surface area contributed by atoms with Crippen molar-refractivity contribution in [2.24, 2.45) is 5.92 Å². The van der Waals surface area contributed by atoms with E-state index in [9.17, 15) is 36.0 Å². The largest absolute Gasteiger partial charge is 0.495 e. The van der Waals surface area contributed by atoms with Crippen LogP contribution in [0.5, 0.6) is 11.5 Å². The van der Waals surface area contributed by atoms with Crippen molar-refractivity contribution < 1.29 is 45.4 Å². The number of pyridine rings is 1. The molecule has 6 rings (SSSR count). The SMILES string of the molecule is COc1ccc2c(OCC[C@@H]3NC(=O)N(C)CCCC/C=C\[C@@H]4C[C@@]4(C(=O)NS(=O)(=O)C4(C)CC4)NC3=O)cc(-c3nc(C(F)(F)F)cs3)nc2c1Cl. The summed E-state index contributed by atoms with van der Waals surface area (Å²) in [5, 5.41) is 6.76. The van der Waals surface area contributed by atoms with Crippen LogP contribution in [0.1, 0.15) is 57.6 Å². The third-order valence-electron chi connectivity index (χ3n) is 9.78. The number of urea groups is 1. The number of allylic oxidation sites excluding steroid dienone is 1. The Morgan fingerprint density at radius 1 is 1.19 bits per heavy atom. The zero-order chi connectivity index (χ0) is 38.3. The number of hydrogen-bond acceptors (Lipinski definition) is 10. The van der Waals surface area contributed by atoms with Gasteiger partial charge in [0.25, 0.3) is 5.91 Å². The molecule has 0 spiro atoms. The van der Waals surface area contributed by atoms with Gasteiger partial charge in [0.15, 0.2) is 5.69 Å². The van der Waals surface area contributed by atoms with E-state index in [2.05, 4.69) is 25.3 Å². The van der Waals surface area contributed by atoms with E-state index in [-0.39, 0.29) is 52.2 Å². The third-order valence-corrected chi connectivity index (χ3v) is 13.2. The highest BCUT2D eigenvalue weighted by Crippen LogP contribution is 2.47. The summed E-state index contributed by atoms with van der Waals surface area (Å²) in [4.78, 5) is 50.4. The molecule has 3 aliphatic rings. The van der Waals surface area contributed by atoms with Crippen LogP contribution in [-0.2, 0) is 25.8 Å². The number of amides is 4. The Kier molecular flexibility index (Phi) is 10.6. The quantitative estimate of drug-likeness (QED) is 0.239. The van der Waals surface area contributed by atoms with Crippen LogP contribution in [0.3, 0.4) is 0 Å². The minimum atomic E-state index is -4.67. The van der Waals surface area contributed by atoms with Crippen LogP contribution in [0, 0.1) is 5.92 Å². The van der Waals surface area contributed by atoms with E-state index in [0.29, 0.717) is 37.6 Å². The second kappa shape index (κ2) is 14.6.